The van der Waals surface area contributed by atoms with Crippen molar-refractivity contribution in [3.05, 3.63) is 73.4 Å². The summed E-state index contributed by atoms with van der Waals surface area (Å²) in [4.78, 5) is 30.9. The summed E-state index contributed by atoms with van der Waals surface area (Å²) >= 11 is 0. The third-order valence-corrected chi connectivity index (χ3v) is 5.63. The monoisotopic (exact) mass is 410 g/mol. The molecule has 0 unspecified atom stereocenters. The zero-order valence-corrected chi connectivity index (χ0v) is 17.6. The Morgan fingerprint density at radius 2 is 1.70 bits per heavy atom. The molecule has 4 aromatic rings. The first kappa shape index (κ1) is 19.8. The molecule has 0 aliphatic carbocycles. The molecule has 0 saturated heterocycles. The lowest BCUT2D eigenvalue weighted by molar-refractivity contribution is 0.622. The van der Waals surface area contributed by atoms with Gasteiger partial charge in [-0.25, -0.2) is 13.9 Å². The van der Waals surface area contributed by atoms with Crippen LogP contribution in [-0.4, -0.2) is 28.5 Å². The summed E-state index contributed by atoms with van der Waals surface area (Å²) in [6.07, 6.45) is 0. The second kappa shape index (κ2) is 7.08. The summed E-state index contributed by atoms with van der Waals surface area (Å²) in [7, 11) is 1.59. The van der Waals surface area contributed by atoms with Crippen LogP contribution in [0.25, 0.3) is 17.1 Å². The highest BCUT2D eigenvalue weighted by atomic mass is 19.1. The van der Waals surface area contributed by atoms with Gasteiger partial charge in [0.05, 0.1) is 12.2 Å². The number of rotatable bonds is 4. The van der Waals surface area contributed by atoms with Gasteiger partial charge in [-0.2, -0.15) is 10.1 Å². The fraction of sp³-hybridized carbons (Fsp3) is 0.333. The first-order chi connectivity index (χ1) is 14.2. The summed E-state index contributed by atoms with van der Waals surface area (Å²) < 4.78 is 19.2. The lowest BCUT2D eigenvalue weighted by atomic mass is 10.2. The Morgan fingerprint density at radius 3 is 2.27 bits per heavy atom. The van der Waals surface area contributed by atoms with Gasteiger partial charge >= 0.3 is 5.69 Å². The molecule has 1 aromatic carbocycles. The average molecular weight is 410 g/mol. The van der Waals surface area contributed by atoms with Gasteiger partial charge in [0.2, 0.25) is 5.95 Å². The molecule has 0 amide bonds. The standard InChI is InChI=1S/C21H23FN6O2/c1-6-26-17-18(23-20(26)28-14(4)12(2)13(3)24-28)25(5)21(30)27(19(17)29)11-15-7-9-16(22)10-8-15/h7-10H,6,11H2,1-5H3. The summed E-state index contributed by atoms with van der Waals surface area (Å²) in [6.45, 7) is 8.29. The largest absolute Gasteiger partial charge is 0.332 e. The van der Waals surface area contributed by atoms with Crippen molar-refractivity contribution in [1.29, 1.82) is 0 Å². The van der Waals surface area contributed by atoms with Crippen LogP contribution < -0.4 is 11.2 Å². The summed E-state index contributed by atoms with van der Waals surface area (Å²) in [5, 5.41) is 4.57. The summed E-state index contributed by atoms with van der Waals surface area (Å²) in [5.41, 5.74) is 3.24. The van der Waals surface area contributed by atoms with Crippen molar-refractivity contribution in [2.75, 3.05) is 0 Å². The molecule has 4 rings (SSSR count). The third kappa shape index (κ3) is 2.89. The molecular weight excluding hydrogens is 387 g/mol. The third-order valence-electron chi connectivity index (χ3n) is 5.63. The van der Waals surface area contributed by atoms with Crippen LogP contribution in [0.5, 0.6) is 0 Å². The van der Waals surface area contributed by atoms with Gasteiger partial charge in [0.15, 0.2) is 11.2 Å². The van der Waals surface area contributed by atoms with E-state index in [2.05, 4.69) is 10.1 Å². The SMILES string of the molecule is CCn1c(-n2nc(C)c(C)c2C)nc2c1c(=O)n(Cc1ccc(F)cc1)c(=O)n2C. The van der Waals surface area contributed by atoms with E-state index < -0.39 is 11.2 Å². The molecular formula is C21H23FN6O2. The Bertz CT molecular complexity index is 1390. The molecule has 0 spiro atoms. The maximum atomic E-state index is 13.3. The number of nitrogens with zero attached hydrogens (tertiary/aromatic N) is 6. The van der Waals surface area contributed by atoms with E-state index in [1.165, 1.54) is 16.7 Å². The zero-order valence-electron chi connectivity index (χ0n) is 17.6. The van der Waals surface area contributed by atoms with Crippen LogP contribution in [0.2, 0.25) is 0 Å². The Hall–Kier alpha value is -3.49. The van der Waals surface area contributed by atoms with Gasteiger partial charge < -0.3 is 4.57 Å². The van der Waals surface area contributed by atoms with Crippen molar-refractivity contribution in [2.24, 2.45) is 7.05 Å². The average Bonchev–Trinajstić information content (AvgIpc) is 3.24. The van der Waals surface area contributed by atoms with Crippen LogP contribution in [0.4, 0.5) is 4.39 Å². The Labute approximate surface area is 171 Å². The Balaban J connectivity index is 2.00. The molecule has 0 aliphatic heterocycles. The van der Waals surface area contributed by atoms with E-state index in [1.54, 1.807) is 28.4 Å². The molecule has 0 fully saturated rings. The van der Waals surface area contributed by atoms with Gasteiger partial charge in [0.1, 0.15) is 5.82 Å². The molecule has 3 heterocycles. The Morgan fingerprint density at radius 1 is 1.03 bits per heavy atom. The van der Waals surface area contributed by atoms with Crippen LogP contribution in [0.15, 0.2) is 33.9 Å². The lowest BCUT2D eigenvalue weighted by Crippen LogP contribution is -2.40. The lowest BCUT2D eigenvalue weighted by Gasteiger charge is -2.10. The van der Waals surface area contributed by atoms with Crippen molar-refractivity contribution in [3.63, 3.8) is 0 Å². The fourth-order valence-electron chi connectivity index (χ4n) is 3.65. The molecule has 8 nitrogen and oxygen atoms in total. The van der Waals surface area contributed by atoms with Crippen molar-refractivity contribution in [2.45, 2.75) is 40.8 Å². The van der Waals surface area contributed by atoms with Crippen LogP contribution in [0, 0.1) is 26.6 Å². The number of aryl methyl sites for hydroxylation is 3. The minimum absolute atomic E-state index is 0.0466. The highest BCUT2D eigenvalue weighted by Crippen LogP contribution is 2.20. The molecule has 3 aromatic heterocycles. The van der Waals surface area contributed by atoms with Crippen molar-refractivity contribution >= 4 is 11.2 Å². The topological polar surface area (TPSA) is 79.6 Å². The number of aromatic nitrogens is 6. The van der Waals surface area contributed by atoms with Crippen LogP contribution in [0.3, 0.4) is 0 Å². The van der Waals surface area contributed by atoms with E-state index in [0.29, 0.717) is 29.2 Å². The van der Waals surface area contributed by atoms with Crippen molar-refractivity contribution in [1.82, 2.24) is 28.5 Å². The predicted molar refractivity (Wildman–Crippen MR) is 112 cm³/mol. The molecule has 0 radical (unpaired) electrons. The van der Waals surface area contributed by atoms with E-state index >= 15 is 0 Å². The first-order valence-electron chi connectivity index (χ1n) is 9.72. The molecule has 9 heteroatoms. The maximum Gasteiger partial charge on any atom is 0.332 e. The normalized spacial score (nSPS) is 11.5. The second-order valence-electron chi connectivity index (χ2n) is 7.40. The highest BCUT2D eigenvalue weighted by molar-refractivity contribution is 5.72. The van der Waals surface area contributed by atoms with Crippen LogP contribution in [0.1, 0.15) is 29.4 Å². The van der Waals surface area contributed by atoms with Gasteiger partial charge in [-0.15, -0.1) is 0 Å². The molecule has 0 saturated carbocycles. The number of benzene rings is 1. The van der Waals surface area contributed by atoms with Gasteiger partial charge in [-0.3, -0.25) is 13.9 Å². The number of fused-ring (bicyclic) bond motifs is 1. The number of halogens is 1. The molecule has 0 atom stereocenters. The molecule has 30 heavy (non-hydrogen) atoms. The van der Waals surface area contributed by atoms with E-state index in [-0.39, 0.29) is 12.4 Å². The van der Waals surface area contributed by atoms with E-state index in [1.807, 2.05) is 27.7 Å². The van der Waals surface area contributed by atoms with Gasteiger partial charge in [-0.05, 0) is 51.0 Å². The smallest absolute Gasteiger partial charge is 0.303 e. The highest BCUT2D eigenvalue weighted by Gasteiger charge is 2.22. The maximum absolute atomic E-state index is 13.3. The summed E-state index contributed by atoms with van der Waals surface area (Å²) in [6, 6.07) is 5.74. The quantitative estimate of drug-likeness (QED) is 0.517. The zero-order chi connectivity index (χ0) is 21.7. The summed E-state index contributed by atoms with van der Waals surface area (Å²) in [5.74, 6) is 0.121. The molecule has 0 bridgehead atoms. The second-order valence-corrected chi connectivity index (χ2v) is 7.40. The minimum Gasteiger partial charge on any atom is -0.303 e. The number of hydrogen-bond donors (Lipinski definition) is 0. The van der Waals surface area contributed by atoms with Crippen molar-refractivity contribution < 1.29 is 4.39 Å². The van der Waals surface area contributed by atoms with Crippen LogP contribution in [-0.2, 0) is 20.1 Å². The van der Waals surface area contributed by atoms with E-state index in [0.717, 1.165) is 21.5 Å². The molecule has 0 N–H and O–H groups in total. The van der Waals surface area contributed by atoms with Crippen molar-refractivity contribution in [3.8, 4) is 5.95 Å². The van der Waals surface area contributed by atoms with Gasteiger partial charge in [0, 0.05) is 19.3 Å². The Kier molecular flexibility index (Phi) is 4.68. The van der Waals surface area contributed by atoms with E-state index in [4.69, 9.17) is 0 Å². The molecule has 156 valence electrons. The predicted octanol–water partition coefficient (Wildman–Crippen LogP) is 2.21. The molecule has 0 aliphatic rings. The minimum atomic E-state index is -0.478. The van der Waals surface area contributed by atoms with Gasteiger partial charge in [-0.1, -0.05) is 12.1 Å². The number of imidazole rings is 1. The van der Waals surface area contributed by atoms with Crippen LogP contribution >= 0.6 is 0 Å². The van der Waals surface area contributed by atoms with E-state index in [9.17, 15) is 14.0 Å². The fourth-order valence-corrected chi connectivity index (χ4v) is 3.65. The first-order valence-corrected chi connectivity index (χ1v) is 9.72. The van der Waals surface area contributed by atoms with Gasteiger partial charge in [0.25, 0.3) is 5.56 Å². The number of hydrogen-bond acceptors (Lipinski definition) is 4.